The number of rotatable bonds is 1. The first-order valence-corrected chi connectivity index (χ1v) is 8.88. The van der Waals surface area contributed by atoms with Gasteiger partial charge in [0.2, 0.25) is 0 Å². The van der Waals surface area contributed by atoms with Gasteiger partial charge in [0.25, 0.3) is 0 Å². The summed E-state index contributed by atoms with van der Waals surface area (Å²) in [7, 11) is 0. The largest absolute Gasteiger partial charge is 0.357 e. The van der Waals surface area contributed by atoms with Crippen LogP contribution in [0.2, 0.25) is 0 Å². The van der Waals surface area contributed by atoms with Crippen molar-refractivity contribution in [2.75, 3.05) is 11.9 Å². The number of para-hydroxylation sites is 1. The van der Waals surface area contributed by atoms with Gasteiger partial charge in [-0.1, -0.05) is 81.8 Å². The fourth-order valence-corrected chi connectivity index (χ4v) is 2.37. The molecule has 0 saturated heterocycles. The van der Waals surface area contributed by atoms with Crippen LogP contribution in [0.5, 0.6) is 0 Å². The average Bonchev–Trinajstić information content (AvgIpc) is 2.85. The van der Waals surface area contributed by atoms with E-state index >= 15 is 0 Å². The molecule has 0 spiro atoms. The Bertz CT molecular complexity index is 678. The highest BCUT2D eigenvalue weighted by Gasteiger charge is 2.15. The number of nitrogens with zero attached hydrogens (tertiary/aromatic N) is 1. The Kier molecular flexibility index (Phi) is 8.56. The van der Waals surface area contributed by atoms with E-state index in [-0.39, 0.29) is 0 Å². The summed E-state index contributed by atoms with van der Waals surface area (Å²) in [5.41, 5.74) is 6.97. The summed E-state index contributed by atoms with van der Waals surface area (Å²) in [6, 6.07) is 18.7. The van der Waals surface area contributed by atoms with Crippen molar-refractivity contribution in [1.82, 2.24) is 0 Å². The Labute approximate surface area is 147 Å². The van der Waals surface area contributed by atoms with E-state index in [1.807, 2.05) is 33.8 Å². The van der Waals surface area contributed by atoms with Gasteiger partial charge in [0.1, 0.15) is 0 Å². The van der Waals surface area contributed by atoms with Crippen molar-refractivity contribution in [3.05, 3.63) is 77.0 Å². The third-order valence-corrected chi connectivity index (χ3v) is 3.51. The molecule has 1 aliphatic heterocycles. The van der Waals surface area contributed by atoms with Gasteiger partial charge >= 0.3 is 0 Å². The van der Waals surface area contributed by atoms with Crippen LogP contribution in [0.1, 0.15) is 52.7 Å². The minimum atomic E-state index is 0.696. The monoisotopic (exact) mass is 322 g/mol. The molecule has 0 atom stereocenters. The van der Waals surface area contributed by atoms with Gasteiger partial charge in [-0.05, 0) is 19.9 Å². The number of fused-ring (bicyclic) bond motifs is 1. The predicted molar refractivity (Wildman–Crippen MR) is 108 cm³/mol. The molecule has 1 heterocycles. The van der Waals surface area contributed by atoms with Crippen LogP contribution in [0.15, 0.2) is 70.9 Å². The molecule has 0 unspecified atom stereocenters. The van der Waals surface area contributed by atoms with E-state index in [0.29, 0.717) is 6.54 Å². The van der Waals surface area contributed by atoms with E-state index in [0.717, 1.165) is 22.5 Å². The number of allylic oxidation sites excluding steroid dienone is 1. The zero-order chi connectivity index (χ0) is 17.9. The van der Waals surface area contributed by atoms with Gasteiger partial charge in [-0.3, -0.25) is 4.99 Å². The molecule has 0 amide bonds. The fourth-order valence-electron chi connectivity index (χ4n) is 2.37. The first-order chi connectivity index (χ1) is 11.8. The van der Waals surface area contributed by atoms with E-state index < -0.39 is 0 Å². The quantitative estimate of drug-likeness (QED) is 0.655. The maximum Gasteiger partial charge on any atom is 0.0796 e. The topological polar surface area (TPSA) is 24.4 Å². The van der Waals surface area contributed by atoms with E-state index in [2.05, 4.69) is 67.7 Å². The zero-order valence-corrected chi connectivity index (χ0v) is 15.9. The summed E-state index contributed by atoms with van der Waals surface area (Å²) in [6.45, 7) is 12.9. The molecule has 2 aromatic carbocycles. The summed E-state index contributed by atoms with van der Waals surface area (Å²) < 4.78 is 0. The van der Waals surface area contributed by atoms with Gasteiger partial charge in [0.15, 0.2) is 0 Å². The van der Waals surface area contributed by atoms with Crippen LogP contribution in [0, 0.1) is 0 Å². The van der Waals surface area contributed by atoms with Crippen LogP contribution in [0.25, 0.3) is 0 Å². The van der Waals surface area contributed by atoms with E-state index in [4.69, 9.17) is 4.99 Å². The van der Waals surface area contributed by atoms with E-state index in [9.17, 15) is 0 Å². The summed E-state index contributed by atoms with van der Waals surface area (Å²) in [4.78, 5) is 4.83. The van der Waals surface area contributed by atoms with E-state index in [1.165, 1.54) is 11.3 Å². The fraction of sp³-hybridized carbons (Fsp3) is 0.318. The number of benzene rings is 2. The SMILES string of the molecule is CC.CC.CC(C)=C1CN=C(c2ccccc2)c2ccccc2N1. The Hall–Kier alpha value is -2.35. The number of hydrogen-bond donors (Lipinski definition) is 1. The molecular weight excluding hydrogens is 292 g/mol. The number of aliphatic imine (C=N–C) groups is 1. The van der Waals surface area contributed by atoms with Crippen molar-refractivity contribution in [1.29, 1.82) is 0 Å². The van der Waals surface area contributed by atoms with Crippen LogP contribution in [0.4, 0.5) is 5.69 Å². The second-order valence-electron chi connectivity index (χ2n) is 5.18. The zero-order valence-electron chi connectivity index (χ0n) is 15.9. The van der Waals surface area contributed by atoms with Crippen molar-refractivity contribution >= 4 is 11.4 Å². The third kappa shape index (κ3) is 4.82. The highest BCUT2D eigenvalue weighted by Crippen LogP contribution is 2.25. The molecule has 0 saturated carbocycles. The third-order valence-electron chi connectivity index (χ3n) is 3.51. The number of hydrogen-bond acceptors (Lipinski definition) is 2. The van der Waals surface area contributed by atoms with E-state index in [1.54, 1.807) is 0 Å². The molecule has 0 fully saturated rings. The highest BCUT2D eigenvalue weighted by molar-refractivity contribution is 6.16. The molecule has 0 aliphatic carbocycles. The van der Waals surface area contributed by atoms with Gasteiger partial charge < -0.3 is 5.32 Å². The lowest BCUT2D eigenvalue weighted by molar-refractivity contribution is 1.10. The minimum Gasteiger partial charge on any atom is -0.357 e. The van der Waals surface area contributed by atoms with Crippen LogP contribution >= 0.6 is 0 Å². The first kappa shape index (κ1) is 19.7. The summed E-state index contributed by atoms with van der Waals surface area (Å²) in [6.07, 6.45) is 0. The molecule has 128 valence electrons. The standard InChI is InChI=1S/C18H18N2.2C2H6/c1-13(2)17-12-19-18(14-8-4-3-5-9-14)15-10-6-7-11-16(15)20-17;2*1-2/h3-11,20H,12H2,1-2H3;2*1-2H3. The van der Waals surface area contributed by atoms with Gasteiger partial charge in [-0.15, -0.1) is 0 Å². The van der Waals surface area contributed by atoms with Crippen LogP contribution in [-0.2, 0) is 0 Å². The smallest absolute Gasteiger partial charge is 0.0796 e. The van der Waals surface area contributed by atoms with Crippen LogP contribution in [-0.4, -0.2) is 12.3 Å². The van der Waals surface area contributed by atoms with Gasteiger partial charge in [-0.2, -0.15) is 0 Å². The molecule has 1 N–H and O–H groups in total. The number of nitrogens with one attached hydrogen (secondary N) is 1. The normalized spacial score (nSPS) is 12.1. The molecule has 0 aromatic heterocycles. The number of anilines is 1. The Morgan fingerprint density at radius 2 is 1.42 bits per heavy atom. The van der Waals surface area contributed by atoms with Crippen molar-refractivity contribution in [3.8, 4) is 0 Å². The molecule has 2 heteroatoms. The van der Waals surface area contributed by atoms with Crippen molar-refractivity contribution < 1.29 is 0 Å². The molecule has 1 aliphatic rings. The second kappa shape index (κ2) is 10.4. The maximum atomic E-state index is 4.83. The lowest BCUT2D eigenvalue weighted by Gasteiger charge is -2.11. The predicted octanol–water partition coefficient (Wildman–Crippen LogP) is 6.30. The van der Waals surface area contributed by atoms with Crippen LogP contribution < -0.4 is 5.32 Å². The highest BCUT2D eigenvalue weighted by atomic mass is 15.0. The lowest BCUT2D eigenvalue weighted by Crippen LogP contribution is -2.05. The summed E-state index contributed by atoms with van der Waals surface area (Å²) in [5, 5.41) is 3.52. The molecule has 0 radical (unpaired) electrons. The van der Waals surface area contributed by atoms with Gasteiger partial charge in [0, 0.05) is 22.5 Å². The summed E-state index contributed by atoms with van der Waals surface area (Å²) >= 11 is 0. The summed E-state index contributed by atoms with van der Waals surface area (Å²) in [5.74, 6) is 0. The Balaban J connectivity index is 0.000000671. The van der Waals surface area contributed by atoms with Crippen LogP contribution in [0.3, 0.4) is 0 Å². The van der Waals surface area contributed by atoms with Crippen molar-refractivity contribution in [3.63, 3.8) is 0 Å². The maximum absolute atomic E-state index is 4.83. The average molecular weight is 322 g/mol. The lowest BCUT2D eigenvalue weighted by atomic mass is 10.0. The Morgan fingerprint density at radius 1 is 0.833 bits per heavy atom. The van der Waals surface area contributed by atoms with Crippen molar-refractivity contribution in [2.24, 2.45) is 4.99 Å². The van der Waals surface area contributed by atoms with Gasteiger partial charge in [0.05, 0.1) is 12.3 Å². The van der Waals surface area contributed by atoms with Crippen molar-refractivity contribution in [2.45, 2.75) is 41.5 Å². The molecule has 24 heavy (non-hydrogen) atoms. The Morgan fingerprint density at radius 3 is 2.04 bits per heavy atom. The molecule has 2 nitrogen and oxygen atoms in total. The molecule has 0 bridgehead atoms. The molecular formula is C22H30N2. The minimum absolute atomic E-state index is 0.696. The second-order valence-corrected chi connectivity index (χ2v) is 5.18. The molecule has 3 rings (SSSR count). The first-order valence-electron chi connectivity index (χ1n) is 8.88. The molecule has 2 aromatic rings. The van der Waals surface area contributed by atoms with Gasteiger partial charge in [-0.25, -0.2) is 0 Å². The number of benzodiazepines with no additional fused rings is 1.